The first-order valence-electron chi connectivity index (χ1n) is 11.7. The summed E-state index contributed by atoms with van der Waals surface area (Å²) < 4.78 is 33.9. The molecule has 1 aliphatic carbocycles. The number of benzene rings is 1. The molecule has 1 aromatic rings. The van der Waals surface area contributed by atoms with E-state index in [-0.39, 0.29) is 11.7 Å². The van der Waals surface area contributed by atoms with Crippen molar-refractivity contribution in [2.24, 2.45) is 11.8 Å². The Labute approximate surface area is 171 Å². The Morgan fingerprint density at radius 2 is 1.57 bits per heavy atom. The summed E-state index contributed by atoms with van der Waals surface area (Å²) in [4.78, 5) is 0. The van der Waals surface area contributed by atoms with Crippen LogP contribution in [0.1, 0.15) is 83.1 Å². The van der Waals surface area contributed by atoms with Gasteiger partial charge in [0.15, 0.2) is 11.6 Å². The third-order valence-corrected chi connectivity index (χ3v) is 10.9. The molecule has 1 aromatic carbocycles. The minimum absolute atomic E-state index is 0.0392. The molecule has 1 saturated heterocycles. The fourth-order valence-electron chi connectivity index (χ4n) is 5.66. The highest BCUT2D eigenvalue weighted by atomic mass is 28.3. The summed E-state index contributed by atoms with van der Waals surface area (Å²) in [5, 5.41) is 0. The maximum atomic E-state index is 14.5. The molecule has 1 saturated carbocycles. The van der Waals surface area contributed by atoms with Crippen LogP contribution in [0.3, 0.4) is 0 Å². The van der Waals surface area contributed by atoms with Gasteiger partial charge in [0, 0.05) is 8.80 Å². The van der Waals surface area contributed by atoms with Crippen molar-refractivity contribution in [3.05, 3.63) is 29.3 Å². The Morgan fingerprint density at radius 1 is 0.893 bits per heavy atom. The van der Waals surface area contributed by atoms with E-state index in [4.69, 9.17) is 4.74 Å². The highest BCUT2D eigenvalue weighted by Crippen LogP contribution is 2.44. The summed E-state index contributed by atoms with van der Waals surface area (Å²) in [5.41, 5.74) is 0.562. The van der Waals surface area contributed by atoms with Crippen LogP contribution < -0.4 is 4.74 Å². The lowest BCUT2D eigenvalue weighted by molar-refractivity contribution is 0.214. The van der Waals surface area contributed by atoms with Gasteiger partial charge in [0.25, 0.3) is 0 Å². The molecule has 0 atom stereocenters. The van der Waals surface area contributed by atoms with Crippen molar-refractivity contribution in [1.82, 2.24) is 0 Å². The highest BCUT2D eigenvalue weighted by molar-refractivity contribution is 6.58. The normalized spacial score (nSPS) is 28.3. The quantitative estimate of drug-likeness (QED) is 0.320. The van der Waals surface area contributed by atoms with Gasteiger partial charge in [-0.3, -0.25) is 0 Å². The van der Waals surface area contributed by atoms with Crippen molar-refractivity contribution < 1.29 is 13.5 Å². The number of hydrogen-bond donors (Lipinski definition) is 0. The summed E-state index contributed by atoms with van der Waals surface area (Å²) in [5.74, 6) is 0.425. The lowest BCUT2D eigenvalue weighted by Crippen LogP contribution is -2.28. The van der Waals surface area contributed by atoms with Crippen LogP contribution in [0.2, 0.25) is 18.1 Å². The van der Waals surface area contributed by atoms with Gasteiger partial charge in [0.2, 0.25) is 5.82 Å². The van der Waals surface area contributed by atoms with Gasteiger partial charge in [-0.15, -0.1) is 0 Å². The number of unbranched alkanes of at least 4 members (excludes halogenated alkanes) is 2. The van der Waals surface area contributed by atoms with Crippen molar-refractivity contribution in [3.63, 3.8) is 0 Å². The average Bonchev–Trinajstić information content (AvgIpc) is 2.73. The molecule has 0 N–H and O–H groups in total. The molecule has 158 valence electrons. The summed E-state index contributed by atoms with van der Waals surface area (Å²) in [6, 6.07) is 8.02. The minimum atomic E-state index is -0.812. The van der Waals surface area contributed by atoms with Crippen molar-refractivity contribution >= 4 is 8.80 Å². The summed E-state index contributed by atoms with van der Waals surface area (Å²) in [6.07, 6.45) is 11.5. The van der Waals surface area contributed by atoms with Crippen LogP contribution in [0.15, 0.2) is 12.1 Å². The fraction of sp³-hybridized carbons (Fsp3) is 0.750. The zero-order valence-electron chi connectivity index (χ0n) is 17.8. The van der Waals surface area contributed by atoms with E-state index < -0.39 is 20.4 Å². The van der Waals surface area contributed by atoms with E-state index in [1.807, 2.05) is 0 Å². The highest BCUT2D eigenvalue weighted by Gasteiger charge is 2.32. The van der Waals surface area contributed by atoms with Crippen molar-refractivity contribution in [2.75, 3.05) is 6.61 Å². The van der Waals surface area contributed by atoms with Crippen molar-refractivity contribution in [2.45, 2.75) is 95.7 Å². The van der Waals surface area contributed by atoms with Crippen molar-refractivity contribution in [3.8, 4) is 5.75 Å². The van der Waals surface area contributed by atoms with Gasteiger partial charge in [0.05, 0.1) is 6.61 Å². The van der Waals surface area contributed by atoms with Gasteiger partial charge in [-0.1, -0.05) is 63.2 Å². The zero-order chi connectivity index (χ0) is 19.9. The van der Waals surface area contributed by atoms with E-state index in [2.05, 4.69) is 6.92 Å². The predicted octanol–water partition coefficient (Wildman–Crippen LogP) is 7.46. The van der Waals surface area contributed by atoms with Gasteiger partial charge in [-0.25, -0.2) is 4.39 Å². The Bertz CT molecular complexity index is 605. The molecule has 0 unspecified atom stereocenters. The van der Waals surface area contributed by atoms with Crippen molar-refractivity contribution in [1.29, 1.82) is 0 Å². The Hall–Kier alpha value is -0.903. The first-order chi connectivity index (χ1) is 13.6. The molecule has 4 heteroatoms. The topological polar surface area (TPSA) is 9.23 Å². The van der Waals surface area contributed by atoms with Crippen LogP contribution in [-0.2, 0) is 0 Å². The molecule has 0 spiro atoms. The SMILES string of the molecule is CCCCC[Si@H]1CC[C@H]([C@H]2CC[C@H](c3ccc(OCC)c(F)c3F)CC2)CC1. The third-order valence-electron chi connectivity index (χ3n) is 7.36. The van der Waals surface area contributed by atoms with Gasteiger partial charge < -0.3 is 4.74 Å². The molecule has 2 aliphatic rings. The first kappa shape index (κ1) is 21.8. The number of halogens is 2. The van der Waals surface area contributed by atoms with E-state index in [0.29, 0.717) is 12.2 Å². The zero-order valence-corrected chi connectivity index (χ0v) is 19.0. The van der Waals surface area contributed by atoms with E-state index in [1.165, 1.54) is 44.9 Å². The molecule has 0 amide bonds. The molecule has 0 aromatic heterocycles. The third kappa shape index (κ3) is 5.37. The maximum absolute atomic E-state index is 14.5. The second-order valence-electron chi connectivity index (χ2n) is 9.10. The van der Waals surface area contributed by atoms with E-state index >= 15 is 0 Å². The van der Waals surface area contributed by atoms with Gasteiger partial charge in [-0.05, 0) is 62.0 Å². The molecule has 0 radical (unpaired) electrons. The number of hydrogen-bond acceptors (Lipinski definition) is 1. The second-order valence-corrected chi connectivity index (χ2v) is 12.6. The largest absolute Gasteiger partial charge is 0.491 e. The monoisotopic (exact) mass is 408 g/mol. The molecule has 0 bridgehead atoms. The van der Waals surface area contributed by atoms with E-state index in [1.54, 1.807) is 37.2 Å². The standard InChI is InChI=1S/C24H38F2OSi/c1-3-5-6-15-28-16-13-19(14-17-28)18-7-9-20(10-8-18)21-11-12-22(27-4-2)24(26)23(21)25/h11-12,18-20,28H,3-10,13-17H2,1-2H3/t18-,19-,20-,28-. The van der Waals surface area contributed by atoms with Crippen LogP contribution >= 0.6 is 0 Å². The number of rotatable bonds is 8. The molecule has 2 fully saturated rings. The van der Waals surface area contributed by atoms with Crippen LogP contribution in [0, 0.1) is 23.5 Å². The van der Waals surface area contributed by atoms with Crippen LogP contribution in [0.5, 0.6) is 5.75 Å². The Kier molecular flexibility index (Phi) is 8.37. The summed E-state index contributed by atoms with van der Waals surface area (Å²) in [6.45, 7) is 4.43. The minimum Gasteiger partial charge on any atom is -0.491 e. The average molecular weight is 409 g/mol. The lowest BCUT2D eigenvalue weighted by atomic mass is 9.72. The smallest absolute Gasteiger partial charge is 0.200 e. The lowest BCUT2D eigenvalue weighted by Gasteiger charge is -2.37. The van der Waals surface area contributed by atoms with Crippen LogP contribution in [0.25, 0.3) is 0 Å². The second kappa shape index (κ2) is 10.8. The molecule has 1 heterocycles. The fourth-order valence-corrected chi connectivity index (χ4v) is 9.19. The predicted molar refractivity (Wildman–Crippen MR) is 116 cm³/mol. The van der Waals surface area contributed by atoms with Gasteiger partial charge in [0.1, 0.15) is 0 Å². The number of ether oxygens (including phenoxy) is 1. The van der Waals surface area contributed by atoms with Gasteiger partial charge in [-0.2, -0.15) is 4.39 Å². The Balaban J connectivity index is 1.48. The molecule has 28 heavy (non-hydrogen) atoms. The van der Waals surface area contributed by atoms with Crippen LogP contribution in [-0.4, -0.2) is 15.4 Å². The molecular weight excluding hydrogens is 370 g/mol. The van der Waals surface area contributed by atoms with E-state index in [0.717, 1.165) is 24.7 Å². The molecule has 3 rings (SSSR count). The molecule has 1 nitrogen and oxygen atoms in total. The van der Waals surface area contributed by atoms with Gasteiger partial charge >= 0.3 is 0 Å². The Morgan fingerprint density at radius 3 is 2.21 bits per heavy atom. The molecule has 1 aliphatic heterocycles. The first-order valence-corrected chi connectivity index (χ1v) is 14.2. The van der Waals surface area contributed by atoms with Crippen LogP contribution in [0.4, 0.5) is 8.78 Å². The maximum Gasteiger partial charge on any atom is 0.200 e. The molecular formula is C24H38F2OSi. The summed E-state index contributed by atoms with van der Waals surface area (Å²) >= 11 is 0. The summed E-state index contributed by atoms with van der Waals surface area (Å²) in [7, 11) is -0.439. The van der Waals surface area contributed by atoms with E-state index in [9.17, 15) is 8.78 Å².